The molecule has 5 aliphatic carbocycles. The number of carboxylic acid groups (broad SMARTS) is 1. The highest BCUT2D eigenvalue weighted by molar-refractivity contribution is 5.77. The summed E-state index contributed by atoms with van der Waals surface area (Å²) in [7, 11) is 0. The molecule has 0 aromatic rings. The number of hydrogen-bond acceptors (Lipinski definition) is 3. The summed E-state index contributed by atoms with van der Waals surface area (Å²) in [4.78, 5) is 25.3. The van der Waals surface area contributed by atoms with Crippen LogP contribution in [-0.4, -0.2) is 28.6 Å². The highest BCUT2D eigenvalue weighted by Gasteiger charge is 2.70. The van der Waals surface area contributed by atoms with Crippen LogP contribution in [0.3, 0.4) is 0 Å². The molecule has 5 aliphatic rings. The van der Waals surface area contributed by atoms with Crippen LogP contribution >= 0.6 is 0 Å². The summed E-state index contributed by atoms with van der Waals surface area (Å²) < 4.78 is 0. The molecule has 9 atom stereocenters. The van der Waals surface area contributed by atoms with Crippen LogP contribution < -0.4 is 0 Å². The van der Waals surface area contributed by atoms with E-state index in [1.807, 2.05) is 6.92 Å². The molecule has 4 nitrogen and oxygen atoms in total. The van der Waals surface area contributed by atoms with Gasteiger partial charge >= 0.3 is 5.97 Å². The summed E-state index contributed by atoms with van der Waals surface area (Å²) in [6.07, 6.45) is 12.8. The predicted molar refractivity (Wildman–Crippen MR) is 133 cm³/mol. The number of aldehydes is 1. The second-order valence-corrected chi connectivity index (χ2v) is 14.6. The molecular formula is C30H46O4. The van der Waals surface area contributed by atoms with E-state index >= 15 is 0 Å². The van der Waals surface area contributed by atoms with E-state index in [1.165, 1.54) is 11.9 Å². The summed E-state index contributed by atoms with van der Waals surface area (Å²) in [5.74, 6) is 0.271. The lowest BCUT2D eigenvalue weighted by molar-refractivity contribution is -0.225. The van der Waals surface area contributed by atoms with Crippen molar-refractivity contribution in [3.63, 3.8) is 0 Å². The molecular weight excluding hydrogens is 424 g/mol. The average Bonchev–Trinajstić information content (AvgIpc) is 2.77. The van der Waals surface area contributed by atoms with Gasteiger partial charge in [0, 0.05) is 5.41 Å². The highest BCUT2D eigenvalue weighted by atomic mass is 16.4. The molecule has 4 fully saturated rings. The van der Waals surface area contributed by atoms with E-state index in [1.54, 1.807) is 0 Å². The molecule has 9 unspecified atom stereocenters. The monoisotopic (exact) mass is 470 g/mol. The van der Waals surface area contributed by atoms with E-state index in [0.29, 0.717) is 11.8 Å². The van der Waals surface area contributed by atoms with Gasteiger partial charge in [-0.15, -0.1) is 0 Å². The lowest BCUT2D eigenvalue weighted by Gasteiger charge is -2.71. The Bertz CT molecular complexity index is 936. The normalized spacial score (nSPS) is 53.9. The van der Waals surface area contributed by atoms with Crippen LogP contribution in [0.1, 0.15) is 106 Å². The zero-order valence-electron chi connectivity index (χ0n) is 22.2. The highest BCUT2D eigenvalue weighted by Crippen LogP contribution is 2.76. The Morgan fingerprint density at radius 1 is 0.853 bits per heavy atom. The number of aliphatic hydroxyl groups excluding tert-OH is 1. The van der Waals surface area contributed by atoms with Crippen molar-refractivity contribution in [1.29, 1.82) is 0 Å². The Kier molecular flexibility index (Phi) is 5.20. The van der Waals surface area contributed by atoms with Crippen molar-refractivity contribution in [3.05, 3.63) is 11.6 Å². The van der Waals surface area contributed by atoms with Gasteiger partial charge in [0.05, 0.1) is 11.5 Å². The minimum Gasteiger partial charge on any atom is -0.481 e. The molecule has 0 amide bonds. The number of carbonyl (C=O) groups excluding carboxylic acids is 1. The maximum Gasteiger partial charge on any atom is 0.313 e. The van der Waals surface area contributed by atoms with Crippen LogP contribution in [-0.2, 0) is 9.59 Å². The first kappa shape index (κ1) is 24.5. The molecule has 0 radical (unpaired) electrons. The lowest BCUT2D eigenvalue weighted by Crippen LogP contribution is -2.67. The van der Waals surface area contributed by atoms with Gasteiger partial charge in [0.2, 0.25) is 0 Å². The van der Waals surface area contributed by atoms with Crippen LogP contribution in [0.2, 0.25) is 0 Å². The second-order valence-electron chi connectivity index (χ2n) is 14.6. The van der Waals surface area contributed by atoms with Gasteiger partial charge in [-0.2, -0.15) is 0 Å². The molecule has 0 aliphatic heterocycles. The van der Waals surface area contributed by atoms with E-state index in [2.05, 4.69) is 40.7 Å². The first-order valence-electron chi connectivity index (χ1n) is 13.8. The van der Waals surface area contributed by atoms with E-state index in [4.69, 9.17) is 0 Å². The smallest absolute Gasteiger partial charge is 0.313 e. The Morgan fingerprint density at radius 3 is 2.18 bits per heavy atom. The molecule has 0 aromatic heterocycles. The number of hydrogen-bond donors (Lipinski definition) is 2. The third kappa shape index (κ3) is 2.81. The summed E-state index contributed by atoms with van der Waals surface area (Å²) >= 11 is 0. The molecule has 4 saturated carbocycles. The molecule has 34 heavy (non-hydrogen) atoms. The number of allylic oxidation sites excluding steroid dienone is 1. The van der Waals surface area contributed by atoms with E-state index in [-0.39, 0.29) is 39.1 Å². The van der Waals surface area contributed by atoms with Crippen molar-refractivity contribution in [2.75, 3.05) is 0 Å². The Labute approximate surface area is 206 Å². The fourth-order valence-electron chi connectivity index (χ4n) is 10.4. The van der Waals surface area contributed by atoms with E-state index in [9.17, 15) is 19.8 Å². The zero-order chi connectivity index (χ0) is 24.9. The standard InChI is InChI=1S/C30H46O4/c1-25(2)21-9-11-29(6)22(30(21,18-31)12-10-23(25)32)8-7-19-20-17-27(4,24(33)34)14-13-26(20,3)15-16-28(19,29)5/h17-19,21-23,32H,7-16H2,1-6H3,(H,33,34). The van der Waals surface area contributed by atoms with Crippen LogP contribution in [0.25, 0.3) is 0 Å². The zero-order valence-corrected chi connectivity index (χ0v) is 22.2. The first-order chi connectivity index (χ1) is 15.7. The van der Waals surface area contributed by atoms with Crippen LogP contribution in [0.5, 0.6) is 0 Å². The topological polar surface area (TPSA) is 74.6 Å². The quantitative estimate of drug-likeness (QED) is 0.361. The average molecular weight is 471 g/mol. The number of carboxylic acids is 1. The van der Waals surface area contributed by atoms with Crippen molar-refractivity contribution in [3.8, 4) is 0 Å². The lowest BCUT2D eigenvalue weighted by atomic mass is 9.32. The molecule has 0 spiro atoms. The minimum atomic E-state index is -0.768. The third-order valence-electron chi connectivity index (χ3n) is 13.1. The predicted octanol–water partition coefficient (Wildman–Crippen LogP) is 6.41. The molecule has 4 heteroatoms. The molecule has 2 N–H and O–H groups in total. The van der Waals surface area contributed by atoms with Crippen molar-refractivity contribution in [1.82, 2.24) is 0 Å². The van der Waals surface area contributed by atoms with Gasteiger partial charge in [-0.25, -0.2) is 0 Å². The Balaban J connectivity index is 1.59. The molecule has 0 saturated heterocycles. The molecule has 0 aromatic carbocycles. The van der Waals surface area contributed by atoms with Crippen LogP contribution in [0.15, 0.2) is 11.6 Å². The molecule has 5 rings (SSSR count). The first-order valence-corrected chi connectivity index (χ1v) is 13.8. The van der Waals surface area contributed by atoms with Crippen molar-refractivity contribution in [2.24, 2.45) is 50.2 Å². The summed E-state index contributed by atoms with van der Waals surface area (Å²) in [5.41, 5.74) is 0.289. The largest absolute Gasteiger partial charge is 0.481 e. The minimum absolute atomic E-state index is 0.0466. The van der Waals surface area contributed by atoms with Crippen molar-refractivity contribution in [2.45, 2.75) is 112 Å². The van der Waals surface area contributed by atoms with Crippen LogP contribution in [0, 0.1) is 50.2 Å². The van der Waals surface area contributed by atoms with Gasteiger partial charge in [-0.3, -0.25) is 4.79 Å². The SMILES string of the molecule is CC1(C(=O)O)C=C2C3CCC4C5(C=O)CCC(O)C(C)(C)C5CCC4(C)C3(C)CCC2(C)CC1. The maximum atomic E-state index is 13.1. The van der Waals surface area contributed by atoms with Gasteiger partial charge in [0.1, 0.15) is 6.29 Å². The number of aliphatic carboxylic acids is 1. The number of rotatable bonds is 2. The van der Waals surface area contributed by atoms with Gasteiger partial charge in [0.15, 0.2) is 0 Å². The summed E-state index contributed by atoms with van der Waals surface area (Å²) in [5, 5.41) is 20.9. The van der Waals surface area contributed by atoms with Gasteiger partial charge in [0.25, 0.3) is 0 Å². The molecule has 0 heterocycles. The van der Waals surface area contributed by atoms with Gasteiger partial charge < -0.3 is 15.0 Å². The Morgan fingerprint density at radius 2 is 1.53 bits per heavy atom. The van der Waals surface area contributed by atoms with E-state index in [0.717, 1.165) is 64.2 Å². The number of aliphatic hydroxyl groups is 1. The van der Waals surface area contributed by atoms with Crippen molar-refractivity contribution >= 4 is 12.3 Å². The summed E-state index contributed by atoms with van der Waals surface area (Å²) in [6, 6.07) is 0. The van der Waals surface area contributed by atoms with Gasteiger partial charge in [-0.05, 0) is 111 Å². The van der Waals surface area contributed by atoms with Crippen molar-refractivity contribution < 1.29 is 19.8 Å². The van der Waals surface area contributed by atoms with Crippen LogP contribution in [0.4, 0.5) is 0 Å². The Hall–Kier alpha value is -1.16. The number of carbonyl (C=O) groups is 2. The summed E-state index contributed by atoms with van der Waals surface area (Å²) in [6.45, 7) is 13.6. The van der Waals surface area contributed by atoms with Gasteiger partial charge in [-0.1, -0.05) is 46.3 Å². The fraction of sp³-hybridized carbons (Fsp3) is 0.867. The third-order valence-corrected chi connectivity index (χ3v) is 13.1. The molecule has 190 valence electrons. The number of fused-ring (bicyclic) bond motifs is 7. The van der Waals surface area contributed by atoms with E-state index < -0.39 is 11.4 Å². The maximum absolute atomic E-state index is 13.1. The molecule has 0 bridgehead atoms. The second kappa shape index (κ2) is 7.20. The fourth-order valence-corrected chi connectivity index (χ4v) is 10.4.